The number of ether oxygens (including phenoxy) is 1. The van der Waals surface area contributed by atoms with Crippen molar-refractivity contribution in [1.29, 1.82) is 0 Å². The molecule has 6 rings (SSSR count). The molecule has 2 heterocycles. The van der Waals surface area contributed by atoms with Crippen molar-refractivity contribution in [3.05, 3.63) is 137 Å². The smallest absolute Gasteiger partial charge is 0.246 e. The van der Waals surface area contributed by atoms with E-state index in [1.54, 1.807) is 28.4 Å². The second kappa shape index (κ2) is 26.2. The maximum atomic E-state index is 14.0. The number of aromatic nitrogens is 1. The minimum atomic E-state index is -0.861. The number of hydrogen-bond acceptors (Lipinski definition) is 9. The highest BCUT2D eigenvalue weighted by atomic mass is 32.1. The molecule has 1 aromatic heterocycles. The molecule has 1 fully saturated rings. The third-order valence-electron chi connectivity index (χ3n) is 13.2. The minimum Gasteiger partial charge on any atom is -0.508 e. The van der Waals surface area contributed by atoms with Crippen LogP contribution >= 0.6 is 11.3 Å². The number of aromatic hydroxyl groups is 1. The number of nitrogens with one attached hydrogen (secondary N) is 2. The number of β-amino-alcohol motifs (C(OH)–C–C–N with tert-alkyl or cyclic N) is 1. The van der Waals surface area contributed by atoms with Gasteiger partial charge in [0.05, 0.1) is 28.7 Å². The molecular weight excluding hydrogens is 911 g/mol. The zero-order valence-corrected chi connectivity index (χ0v) is 43.2. The second-order valence-electron chi connectivity index (χ2n) is 19.7. The lowest BCUT2D eigenvalue weighted by Gasteiger charge is -2.35. The van der Waals surface area contributed by atoms with Crippen molar-refractivity contribution in [3.8, 4) is 21.9 Å². The van der Waals surface area contributed by atoms with E-state index in [1.165, 1.54) is 10.5 Å². The summed E-state index contributed by atoms with van der Waals surface area (Å²) < 4.78 is 6.06. The molecule has 71 heavy (non-hydrogen) atoms. The molecule has 0 bridgehead atoms. The fraction of sp³-hybridized carbons (Fsp3) is 0.431. The van der Waals surface area contributed by atoms with Crippen molar-refractivity contribution >= 4 is 46.1 Å². The highest BCUT2D eigenvalue weighted by Gasteiger charge is 2.44. The van der Waals surface area contributed by atoms with E-state index < -0.39 is 23.6 Å². The van der Waals surface area contributed by atoms with E-state index in [9.17, 15) is 29.4 Å². The molecule has 13 heteroatoms. The first kappa shape index (κ1) is 54.0. The van der Waals surface area contributed by atoms with Crippen LogP contribution in [0, 0.1) is 12.3 Å². The van der Waals surface area contributed by atoms with Crippen LogP contribution in [0.2, 0.25) is 0 Å². The number of unbranched alkanes of at least 4 members (excludes halogenated alkanes) is 6. The van der Waals surface area contributed by atoms with E-state index in [2.05, 4.69) is 46.8 Å². The molecule has 1 aliphatic rings. The van der Waals surface area contributed by atoms with Crippen LogP contribution in [-0.2, 0) is 25.7 Å². The summed E-state index contributed by atoms with van der Waals surface area (Å²) in [6.45, 7) is 11.0. The third kappa shape index (κ3) is 15.6. The fourth-order valence-corrected chi connectivity index (χ4v) is 9.91. The Bertz CT molecular complexity index is 2540. The van der Waals surface area contributed by atoms with Gasteiger partial charge in [0.1, 0.15) is 30.2 Å². The van der Waals surface area contributed by atoms with Crippen molar-refractivity contribution in [2.75, 3.05) is 26.7 Å². The largest absolute Gasteiger partial charge is 0.508 e. The van der Waals surface area contributed by atoms with E-state index >= 15 is 0 Å². The van der Waals surface area contributed by atoms with Gasteiger partial charge >= 0.3 is 0 Å². The SMILES string of the molecule is CCC(=C(c1ccc(O)cc1)c1ccc(OCCN(C)C(=O)CCCCCCCCCC(=O)N[C@H](C(=O)N2C[C@H](O)C[C@H]2C(=O)NCc2ccc(-c3scnc3C)cc2)C(C)(C)C)cc1)c1ccccc1. The number of carbonyl (C=O) groups is 4. The first-order valence-corrected chi connectivity index (χ1v) is 26.1. The summed E-state index contributed by atoms with van der Waals surface area (Å²) in [7, 11) is 1.82. The highest BCUT2D eigenvalue weighted by Crippen LogP contribution is 2.36. The van der Waals surface area contributed by atoms with Crippen molar-refractivity contribution in [1.82, 2.24) is 25.4 Å². The van der Waals surface area contributed by atoms with Crippen LogP contribution in [0.4, 0.5) is 0 Å². The summed E-state index contributed by atoms with van der Waals surface area (Å²) in [6.07, 6.45) is 7.23. The van der Waals surface area contributed by atoms with Gasteiger partial charge in [0.2, 0.25) is 23.6 Å². The van der Waals surface area contributed by atoms with E-state index in [4.69, 9.17) is 4.74 Å². The summed E-state index contributed by atoms with van der Waals surface area (Å²) >= 11 is 1.58. The molecule has 1 aliphatic heterocycles. The first-order valence-electron chi connectivity index (χ1n) is 25.2. The monoisotopic (exact) mass is 984 g/mol. The molecule has 0 spiro atoms. The lowest BCUT2D eigenvalue weighted by atomic mass is 9.85. The maximum Gasteiger partial charge on any atom is 0.246 e. The topological polar surface area (TPSA) is 161 Å². The number of hydrogen-bond donors (Lipinski definition) is 4. The third-order valence-corrected chi connectivity index (χ3v) is 14.2. The van der Waals surface area contributed by atoms with Gasteiger partial charge in [-0.15, -0.1) is 11.3 Å². The van der Waals surface area contributed by atoms with E-state index in [-0.39, 0.29) is 55.3 Å². The molecule has 0 radical (unpaired) electrons. The van der Waals surface area contributed by atoms with Crippen LogP contribution in [0.25, 0.3) is 21.6 Å². The van der Waals surface area contributed by atoms with Gasteiger partial charge < -0.3 is 35.4 Å². The van der Waals surface area contributed by atoms with Crippen LogP contribution in [-0.4, -0.2) is 93.6 Å². The Balaban J connectivity index is 0.853. The number of likely N-dealkylation sites (N-methyl/N-ethyl adjacent to an activating group) is 1. The Kier molecular flexibility index (Phi) is 20.0. The number of allylic oxidation sites excluding steroid dienone is 1. The van der Waals surface area contributed by atoms with E-state index in [0.717, 1.165) is 94.7 Å². The van der Waals surface area contributed by atoms with Gasteiger partial charge in [0.25, 0.3) is 0 Å². The average Bonchev–Trinajstić information content (AvgIpc) is 3.98. The molecule has 3 atom stereocenters. The number of aliphatic hydroxyl groups is 1. The Hall–Kier alpha value is -6.31. The van der Waals surface area contributed by atoms with Crippen molar-refractivity contribution < 1.29 is 34.1 Å². The molecule has 1 saturated heterocycles. The van der Waals surface area contributed by atoms with Crippen LogP contribution in [0.1, 0.15) is 126 Å². The number of phenolic OH excluding ortho intramolecular Hbond substituents is 1. The van der Waals surface area contributed by atoms with Crippen LogP contribution in [0.15, 0.2) is 109 Å². The Morgan fingerprint density at radius 2 is 1.45 bits per heavy atom. The van der Waals surface area contributed by atoms with Gasteiger partial charge in [0, 0.05) is 39.4 Å². The number of rotatable bonds is 24. The number of likely N-dealkylation sites (tertiary alicyclic amines) is 1. The number of carbonyl (C=O) groups excluding carboxylic acids is 4. The molecule has 4 aromatic carbocycles. The molecule has 378 valence electrons. The van der Waals surface area contributed by atoms with Crippen molar-refractivity contribution in [2.45, 2.75) is 130 Å². The molecule has 4 amide bonds. The number of phenols is 1. The van der Waals surface area contributed by atoms with Gasteiger partial charge in [0.15, 0.2) is 0 Å². The molecule has 4 N–H and O–H groups in total. The van der Waals surface area contributed by atoms with Gasteiger partial charge in [-0.25, -0.2) is 4.98 Å². The Labute approximate surface area is 424 Å². The first-order chi connectivity index (χ1) is 34.1. The molecule has 12 nitrogen and oxygen atoms in total. The van der Waals surface area contributed by atoms with Gasteiger partial charge in [-0.1, -0.05) is 139 Å². The highest BCUT2D eigenvalue weighted by molar-refractivity contribution is 7.13. The number of nitrogens with zero attached hydrogens (tertiary/aromatic N) is 3. The number of thiazole rings is 1. The standard InChI is InChI=1S/C58H73N5O7S/c1-7-49(42-18-14-13-15-19-42)53(43-26-30-46(64)31-27-43)44-28-32-48(33-29-44)70-35-34-62(6)52(67)21-17-12-10-8-9-11-16-20-51(66)61-55(58(3,4)5)57(69)63-38-47(65)36-50(63)56(68)59-37-41-22-24-45(25-23-41)54-40(2)60-39-71-54/h13-15,18-19,22-33,39,47,50,55,64-65H,7-12,16-17,20-21,34-38H2,1-6H3,(H,59,68)(H,61,66)/t47-,50+,55-/m1/s1. The number of aliphatic hydroxyl groups excluding tert-OH is 1. The van der Waals surface area contributed by atoms with Crippen LogP contribution in [0.3, 0.4) is 0 Å². The predicted molar refractivity (Wildman–Crippen MR) is 284 cm³/mol. The van der Waals surface area contributed by atoms with E-state index in [0.29, 0.717) is 26.0 Å². The average molecular weight is 984 g/mol. The van der Waals surface area contributed by atoms with Gasteiger partial charge in [-0.2, -0.15) is 0 Å². The molecule has 0 saturated carbocycles. The second-order valence-corrected chi connectivity index (χ2v) is 20.6. The summed E-state index contributed by atoms with van der Waals surface area (Å²) in [5.74, 6) is 0.140. The lowest BCUT2D eigenvalue weighted by Crippen LogP contribution is -2.57. The molecule has 0 aliphatic carbocycles. The summed E-state index contributed by atoms with van der Waals surface area (Å²) in [6, 6.07) is 32.0. The van der Waals surface area contributed by atoms with Crippen molar-refractivity contribution in [2.24, 2.45) is 5.41 Å². The maximum absolute atomic E-state index is 14.0. The normalized spacial score (nSPS) is 15.5. The van der Waals surface area contributed by atoms with Gasteiger partial charge in [-0.05, 0) is 94.8 Å². The van der Waals surface area contributed by atoms with Crippen LogP contribution in [0.5, 0.6) is 11.5 Å². The quantitative estimate of drug-likeness (QED) is 0.0351. The predicted octanol–water partition coefficient (Wildman–Crippen LogP) is 10.4. The number of aryl methyl sites for hydroxylation is 1. The van der Waals surface area contributed by atoms with Crippen molar-refractivity contribution in [3.63, 3.8) is 0 Å². The van der Waals surface area contributed by atoms with E-state index in [1.807, 2.05) is 107 Å². The molecule has 5 aromatic rings. The summed E-state index contributed by atoms with van der Waals surface area (Å²) in [4.78, 5) is 62.2. The zero-order chi connectivity index (χ0) is 50.9. The minimum absolute atomic E-state index is 0.0266. The Morgan fingerprint density at radius 1 is 0.831 bits per heavy atom. The number of amides is 4. The Morgan fingerprint density at radius 3 is 2.06 bits per heavy atom. The van der Waals surface area contributed by atoms with Crippen LogP contribution < -0.4 is 15.4 Å². The number of benzene rings is 4. The fourth-order valence-electron chi connectivity index (χ4n) is 9.10. The lowest BCUT2D eigenvalue weighted by molar-refractivity contribution is -0.144. The zero-order valence-electron chi connectivity index (χ0n) is 42.4. The molecule has 0 unspecified atom stereocenters. The molecular formula is C58H73N5O7S. The summed E-state index contributed by atoms with van der Waals surface area (Å²) in [5.41, 5.74) is 9.69. The van der Waals surface area contributed by atoms with Gasteiger partial charge in [-0.3, -0.25) is 19.2 Å². The summed E-state index contributed by atoms with van der Waals surface area (Å²) in [5, 5.41) is 26.5.